The number of nitrogens with two attached hydrogens (primary N) is 2. The molecular weight excluding hydrogens is 166 g/mol. The Hall–Kier alpha value is -1.29. The van der Waals surface area contributed by atoms with Crippen molar-refractivity contribution >= 4 is 23.3 Å². The van der Waals surface area contributed by atoms with Crippen molar-refractivity contribution in [2.45, 2.75) is 0 Å². The molecule has 0 saturated heterocycles. The highest BCUT2D eigenvalue weighted by Crippen LogP contribution is 2.10. The zero-order valence-electron chi connectivity index (χ0n) is 5.54. The van der Waals surface area contributed by atoms with Gasteiger partial charge in [-0.3, -0.25) is 4.79 Å². The number of amides is 1. The number of nitrogen functional groups attached to an aromatic ring is 1. The maximum atomic E-state index is 10.6. The van der Waals surface area contributed by atoms with Crippen molar-refractivity contribution in [1.29, 1.82) is 0 Å². The smallest absolute Gasteiger partial charge is 0.248 e. The molecule has 0 saturated carbocycles. The second kappa shape index (κ2) is 2.75. The SMILES string of the molecule is NC(=O)c1cc(N)nc(Cl)c1. The molecular formula is C6H6ClN3O. The number of hydrogen-bond donors (Lipinski definition) is 2. The molecule has 1 aromatic heterocycles. The van der Waals surface area contributed by atoms with E-state index in [9.17, 15) is 4.79 Å². The van der Waals surface area contributed by atoms with Crippen LogP contribution in [-0.4, -0.2) is 10.9 Å². The maximum Gasteiger partial charge on any atom is 0.248 e. The minimum atomic E-state index is -0.569. The van der Waals surface area contributed by atoms with Gasteiger partial charge in [0.15, 0.2) is 0 Å². The van der Waals surface area contributed by atoms with Gasteiger partial charge in [0.1, 0.15) is 11.0 Å². The number of primary amides is 1. The molecule has 5 heteroatoms. The van der Waals surface area contributed by atoms with Crippen LogP contribution in [0.3, 0.4) is 0 Å². The summed E-state index contributed by atoms with van der Waals surface area (Å²) in [5.41, 5.74) is 10.5. The van der Waals surface area contributed by atoms with E-state index in [1.54, 1.807) is 0 Å². The Morgan fingerprint density at radius 1 is 1.55 bits per heavy atom. The third-order valence-electron chi connectivity index (χ3n) is 1.10. The number of aromatic nitrogens is 1. The minimum Gasteiger partial charge on any atom is -0.384 e. The lowest BCUT2D eigenvalue weighted by molar-refractivity contribution is 0.1000. The number of halogens is 1. The predicted octanol–water partition coefficient (Wildman–Crippen LogP) is 0.416. The van der Waals surface area contributed by atoms with E-state index >= 15 is 0 Å². The summed E-state index contributed by atoms with van der Waals surface area (Å²) in [4.78, 5) is 14.2. The summed E-state index contributed by atoms with van der Waals surface area (Å²) in [6.45, 7) is 0. The first kappa shape index (κ1) is 7.81. The van der Waals surface area contributed by atoms with E-state index in [-0.39, 0.29) is 16.5 Å². The second-order valence-corrected chi connectivity index (χ2v) is 2.35. The van der Waals surface area contributed by atoms with Gasteiger partial charge >= 0.3 is 0 Å². The fourth-order valence-electron chi connectivity index (χ4n) is 0.659. The molecule has 0 fully saturated rings. The third-order valence-corrected chi connectivity index (χ3v) is 1.29. The Kier molecular flexibility index (Phi) is 1.96. The Bertz CT molecular complexity index is 280. The fraction of sp³-hybridized carbons (Fsp3) is 0. The summed E-state index contributed by atoms with van der Waals surface area (Å²) in [6.07, 6.45) is 0. The molecule has 1 rings (SSSR count). The summed E-state index contributed by atoms with van der Waals surface area (Å²) in [5.74, 6) is -0.382. The first-order valence-corrected chi connectivity index (χ1v) is 3.20. The molecule has 0 spiro atoms. The van der Waals surface area contributed by atoms with E-state index in [1.807, 2.05) is 0 Å². The second-order valence-electron chi connectivity index (χ2n) is 1.97. The van der Waals surface area contributed by atoms with Gasteiger partial charge in [-0.1, -0.05) is 11.6 Å². The van der Waals surface area contributed by atoms with Crippen LogP contribution in [0.25, 0.3) is 0 Å². The van der Waals surface area contributed by atoms with Crippen molar-refractivity contribution in [1.82, 2.24) is 4.98 Å². The first-order chi connectivity index (χ1) is 5.09. The van der Waals surface area contributed by atoms with Gasteiger partial charge in [0.2, 0.25) is 5.91 Å². The summed E-state index contributed by atoms with van der Waals surface area (Å²) < 4.78 is 0. The largest absolute Gasteiger partial charge is 0.384 e. The highest BCUT2D eigenvalue weighted by molar-refractivity contribution is 6.29. The van der Waals surface area contributed by atoms with Crippen molar-refractivity contribution in [3.8, 4) is 0 Å². The molecule has 58 valence electrons. The van der Waals surface area contributed by atoms with Gasteiger partial charge in [0, 0.05) is 5.56 Å². The number of pyridine rings is 1. The molecule has 0 aromatic carbocycles. The van der Waals surface area contributed by atoms with Crippen molar-refractivity contribution in [2.24, 2.45) is 5.73 Å². The molecule has 0 radical (unpaired) electrons. The van der Waals surface area contributed by atoms with E-state index in [0.29, 0.717) is 0 Å². The Morgan fingerprint density at radius 3 is 2.64 bits per heavy atom. The zero-order valence-corrected chi connectivity index (χ0v) is 6.30. The number of anilines is 1. The van der Waals surface area contributed by atoms with Crippen LogP contribution in [0.5, 0.6) is 0 Å². The summed E-state index contributed by atoms with van der Waals surface area (Å²) >= 11 is 5.50. The van der Waals surface area contributed by atoms with Crippen LogP contribution >= 0.6 is 11.6 Å². The van der Waals surface area contributed by atoms with Crippen LogP contribution in [0.4, 0.5) is 5.82 Å². The van der Waals surface area contributed by atoms with Crippen LogP contribution in [0, 0.1) is 0 Å². The Balaban J connectivity index is 3.19. The van der Waals surface area contributed by atoms with Crippen LogP contribution in [0.1, 0.15) is 10.4 Å². The summed E-state index contributed by atoms with van der Waals surface area (Å²) in [5, 5.41) is 0.166. The van der Waals surface area contributed by atoms with Gasteiger partial charge in [0.25, 0.3) is 0 Å². The molecule has 1 heterocycles. The lowest BCUT2D eigenvalue weighted by Gasteiger charge is -1.97. The monoisotopic (exact) mass is 171 g/mol. The molecule has 0 aliphatic heterocycles. The third kappa shape index (κ3) is 1.81. The summed E-state index contributed by atoms with van der Waals surface area (Å²) in [6, 6.07) is 2.73. The van der Waals surface area contributed by atoms with Gasteiger partial charge in [0.05, 0.1) is 0 Å². The molecule has 0 bridgehead atoms. The minimum absolute atomic E-state index is 0.166. The van der Waals surface area contributed by atoms with Gasteiger partial charge in [-0.25, -0.2) is 4.98 Å². The predicted molar refractivity (Wildman–Crippen MR) is 42.2 cm³/mol. The van der Waals surface area contributed by atoms with Gasteiger partial charge in [-0.2, -0.15) is 0 Å². The highest BCUT2D eigenvalue weighted by Gasteiger charge is 2.02. The molecule has 0 atom stereocenters. The van der Waals surface area contributed by atoms with E-state index < -0.39 is 5.91 Å². The lowest BCUT2D eigenvalue weighted by atomic mass is 10.2. The fourth-order valence-corrected chi connectivity index (χ4v) is 0.875. The number of carbonyl (C=O) groups excluding carboxylic acids is 1. The van der Waals surface area contributed by atoms with Crippen LogP contribution in [-0.2, 0) is 0 Å². The van der Waals surface area contributed by atoms with Crippen LogP contribution < -0.4 is 11.5 Å². The molecule has 4 nitrogen and oxygen atoms in total. The molecule has 11 heavy (non-hydrogen) atoms. The highest BCUT2D eigenvalue weighted by atomic mass is 35.5. The number of nitrogens with zero attached hydrogens (tertiary/aromatic N) is 1. The van der Waals surface area contributed by atoms with Gasteiger partial charge in [-0.15, -0.1) is 0 Å². The standard InChI is InChI=1S/C6H6ClN3O/c7-4-1-3(6(9)11)2-5(8)10-4/h1-2H,(H2,8,10)(H2,9,11). The topological polar surface area (TPSA) is 82.0 Å². The van der Waals surface area contributed by atoms with Gasteiger partial charge < -0.3 is 11.5 Å². The summed E-state index contributed by atoms with van der Waals surface area (Å²) in [7, 11) is 0. The molecule has 4 N–H and O–H groups in total. The number of carbonyl (C=O) groups is 1. The quantitative estimate of drug-likeness (QED) is 0.601. The molecule has 1 amide bonds. The van der Waals surface area contributed by atoms with Crippen LogP contribution in [0.2, 0.25) is 5.15 Å². The van der Waals surface area contributed by atoms with Crippen molar-refractivity contribution in [3.05, 3.63) is 22.8 Å². The molecule has 1 aromatic rings. The number of rotatable bonds is 1. The lowest BCUT2D eigenvalue weighted by Crippen LogP contribution is -2.11. The maximum absolute atomic E-state index is 10.6. The first-order valence-electron chi connectivity index (χ1n) is 2.82. The van der Waals surface area contributed by atoms with Crippen LogP contribution in [0.15, 0.2) is 12.1 Å². The Labute approximate surface area is 68.2 Å². The van der Waals surface area contributed by atoms with Gasteiger partial charge in [-0.05, 0) is 12.1 Å². The average Bonchev–Trinajstić information content (AvgIpc) is 1.85. The van der Waals surface area contributed by atoms with Crippen molar-refractivity contribution in [3.63, 3.8) is 0 Å². The zero-order chi connectivity index (χ0) is 8.43. The van der Waals surface area contributed by atoms with E-state index in [0.717, 1.165) is 0 Å². The van der Waals surface area contributed by atoms with E-state index in [1.165, 1.54) is 12.1 Å². The molecule has 0 aliphatic rings. The van der Waals surface area contributed by atoms with E-state index in [2.05, 4.69) is 4.98 Å². The average molecular weight is 172 g/mol. The number of hydrogen-bond acceptors (Lipinski definition) is 3. The normalized spacial score (nSPS) is 9.55. The molecule has 0 unspecified atom stereocenters. The Morgan fingerprint density at radius 2 is 2.18 bits per heavy atom. The van der Waals surface area contributed by atoms with Crippen molar-refractivity contribution < 1.29 is 4.79 Å². The molecule has 0 aliphatic carbocycles. The van der Waals surface area contributed by atoms with Crippen molar-refractivity contribution in [2.75, 3.05) is 5.73 Å². The van der Waals surface area contributed by atoms with E-state index in [4.69, 9.17) is 23.1 Å².